The number of aryl methyl sites for hydroxylation is 2. The molecular weight excluding hydrogens is 252 g/mol. The first-order valence-corrected chi connectivity index (χ1v) is 6.78. The average molecular weight is 268 g/mol. The van der Waals surface area contributed by atoms with Gasteiger partial charge in [0.25, 0.3) is 0 Å². The van der Waals surface area contributed by atoms with Gasteiger partial charge in [0.1, 0.15) is 0 Å². The minimum atomic E-state index is -0.321. The molecule has 0 amide bonds. The number of rotatable bonds is 3. The lowest BCUT2D eigenvalue weighted by Gasteiger charge is -2.03. The molecule has 0 saturated heterocycles. The van der Waals surface area contributed by atoms with E-state index in [4.69, 9.17) is 4.42 Å². The maximum atomic E-state index is 11.8. The van der Waals surface area contributed by atoms with E-state index in [1.165, 1.54) is 0 Å². The summed E-state index contributed by atoms with van der Waals surface area (Å²) >= 11 is 0. The predicted molar refractivity (Wildman–Crippen MR) is 78.3 cm³/mol. The number of fused-ring (bicyclic) bond motifs is 1. The average Bonchev–Trinajstić information content (AvgIpc) is 2.77. The third kappa shape index (κ3) is 2.03. The monoisotopic (exact) mass is 268 g/mol. The van der Waals surface area contributed by atoms with Crippen molar-refractivity contribution in [2.24, 2.45) is 0 Å². The first-order valence-electron chi connectivity index (χ1n) is 6.78. The number of para-hydroxylation sites is 1. The summed E-state index contributed by atoms with van der Waals surface area (Å²) < 4.78 is 7.10. The normalized spacial score (nSPS) is 11.1. The van der Waals surface area contributed by atoms with Gasteiger partial charge >= 0.3 is 5.63 Å². The molecule has 102 valence electrons. The van der Waals surface area contributed by atoms with Gasteiger partial charge in [-0.25, -0.2) is 4.79 Å². The van der Waals surface area contributed by atoms with E-state index in [-0.39, 0.29) is 5.63 Å². The number of aromatic nitrogens is 2. The molecule has 0 radical (unpaired) electrons. The van der Waals surface area contributed by atoms with Gasteiger partial charge in [-0.3, -0.25) is 0 Å². The fraction of sp³-hybridized carbons (Fsp3) is 0.250. The van der Waals surface area contributed by atoms with Crippen molar-refractivity contribution in [2.75, 3.05) is 0 Å². The largest absolute Gasteiger partial charge is 0.403 e. The van der Waals surface area contributed by atoms with E-state index in [9.17, 15) is 4.79 Å². The van der Waals surface area contributed by atoms with Gasteiger partial charge in [-0.15, -0.1) is 0 Å². The molecule has 0 bridgehead atoms. The first kappa shape index (κ1) is 12.7. The number of benzene rings is 1. The van der Waals surface area contributed by atoms with Gasteiger partial charge in [0, 0.05) is 6.07 Å². The summed E-state index contributed by atoms with van der Waals surface area (Å²) in [6, 6.07) is 11.3. The summed E-state index contributed by atoms with van der Waals surface area (Å²) in [7, 11) is 0. The van der Waals surface area contributed by atoms with Gasteiger partial charge in [-0.1, -0.05) is 31.5 Å². The maximum absolute atomic E-state index is 11.8. The quantitative estimate of drug-likeness (QED) is 0.732. The van der Waals surface area contributed by atoms with Crippen LogP contribution in [0, 0.1) is 6.92 Å². The molecule has 3 rings (SSSR count). The lowest BCUT2D eigenvalue weighted by Crippen LogP contribution is -2.03. The molecule has 4 nitrogen and oxygen atoms in total. The summed E-state index contributed by atoms with van der Waals surface area (Å²) in [6.07, 6.45) is 1.83. The maximum Gasteiger partial charge on any atom is 0.337 e. The van der Waals surface area contributed by atoms with E-state index in [0.29, 0.717) is 5.71 Å². The van der Waals surface area contributed by atoms with Crippen molar-refractivity contribution in [3.05, 3.63) is 58.1 Å². The molecule has 4 heteroatoms. The Labute approximate surface area is 116 Å². The highest BCUT2D eigenvalue weighted by Crippen LogP contribution is 2.24. The molecule has 20 heavy (non-hydrogen) atoms. The van der Waals surface area contributed by atoms with Gasteiger partial charge in [-0.2, -0.15) is 9.78 Å². The van der Waals surface area contributed by atoms with Crippen LogP contribution >= 0.6 is 0 Å². The topological polar surface area (TPSA) is 48.0 Å². The second-order valence-corrected chi connectivity index (χ2v) is 4.85. The lowest BCUT2D eigenvalue weighted by atomic mass is 10.1. The Kier molecular flexibility index (Phi) is 3.14. The zero-order chi connectivity index (χ0) is 14.1. The van der Waals surface area contributed by atoms with Gasteiger partial charge in [0.2, 0.25) is 5.71 Å². The van der Waals surface area contributed by atoms with Crippen LogP contribution in [0.1, 0.15) is 24.6 Å². The molecule has 0 saturated carbocycles. The van der Waals surface area contributed by atoms with Crippen LogP contribution in [0.3, 0.4) is 0 Å². The van der Waals surface area contributed by atoms with E-state index in [0.717, 1.165) is 35.2 Å². The minimum absolute atomic E-state index is 0.321. The Balaban J connectivity index is 2.34. The number of nitrogens with zero attached hydrogens (tertiary/aromatic N) is 2. The summed E-state index contributed by atoms with van der Waals surface area (Å²) in [5.74, 6) is 0. The standard InChI is InChI=1S/C16H16N2O2/c1-3-7-12-10-14(19)20-16-15(12)11(2)17-18(16)13-8-5-4-6-9-13/h4-6,8-10H,3,7H2,1-2H3. The van der Waals surface area contributed by atoms with Crippen LogP contribution in [0.4, 0.5) is 0 Å². The van der Waals surface area contributed by atoms with Gasteiger partial charge in [0.15, 0.2) is 0 Å². The highest BCUT2D eigenvalue weighted by atomic mass is 16.4. The van der Waals surface area contributed by atoms with E-state index < -0.39 is 0 Å². The highest BCUT2D eigenvalue weighted by Gasteiger charge is 2.15. The molecule has 0 N–H and O–H groups in total. The smallest absolute Gasteiger partial charge is 0.337 e. The summed E-state index contributed by atoms with van der Waals surface area (Å²) in [6.45, 7) is 4.04. The molecular formula is C16H16N2O2. The highest BCUT2D eigenvalue weighted by molar-refractivity contribution is 5.81. The Bertz CT molecular complexity index is 800. The van der Waals surface area contributed by atoms with Gasteiger partial charge < -0.3 is 4.42 Å². The van der Waals surface area contributed by atoms with Gasteiger partial charge in [-0.05, 0) is 31.0 Å². The molecule has 0 unspecified atom stereocenters. The van der Waals surface area contributed by atoms with Crippen LogP contribution in [-0.2, 0) is 6.42 Å². The molecule has 0 spiro atoms. The van der Waals surface area contributed by atoms with Crippen LogP contribution in [0.25, 0.3) is 16.8 Å². The molecule has 0 fully saturated rings. The van der Waals surface area contributed by atoms with Crippen molar-refractivity contribution in [1.29, 1.82) is 0 Å². The van der Waals surface area contributed by atoms with Crippen molar-refractivity contribution in [2.45, 2.75) is 26.7 Å². The third-order valence-corrected chi connectivity index (χ3v) is 3.35. The predicted octanol–water partition coefficient (Wildman–Crippen LogP) is 3.24. The molecule has 3 aromatic rings. The molecule has 0 aliphatic rings. The SMILES string of the molecule is CCCc1cc(=O)oc2c1c(C)nn2-c1ccccc1. The van der Waals surface area contributed by atoms with Crippen LogP contribution in [-0.4, -0.2) is 9.78 Å². The van der Waals surface area contributed by atoms with Crippen LogP contribution in [0.2, 0.25) is 0 Å². The molecule has 1 aromatic carbocycles. The van der Waals surface area contributed by atoms with Crippen LogP contribution in [0.5, 0.6) is 0 Å². The van der Waals surface area contributed by atoms with Crippen LogP contribution < -0.4 is 5.63 Å². The summed E-state index contributed by atoms with van der Waals surface area (Å²) in [4.78, 5) is 11.8. The molecule has 0 aliphatic heterocycles. The molecule has 2 aromatic heterocycles. The fourth-order valence-corrected chi connectivity index (χ4v) is 2.52. The van der Waals surface area contributed by atoms with E-state index in [1.807, 2.05) is 37.3 Å². The van der Waals surface area contributed by atoms with Crippen molar-refractivity contribution < 1.29 is 4.42 Å². The molecule has 0 aliphatic carbocycles. The third-order valence-electron chi connectivity index (χ3n) is 3.35. The zero-order valence-corrected chi connectivity index (χ0v) is 11.6. The van der Waals surface area contributed by atoms with Crippen molar-refractivity contribution >= 4 is 11.1 Å². The molecule has 2 heterocycles. The minimum Gasteiger partial charge on any atom is -0.403 e. The van der Waals surface area contributed by atoms with Crippen molar-refractivity contribution in [3.63, 3.8) is 0 Å². The Hall–Kier alpha value is -2.36. The van der Waals surface area contributed by atoms with Crippen LogP contribution in [0.15, 0.2) is 45.6 Å². The summed E-state index contributed by atoms with van der Waals surface area (Å²) in [5.41, 5.74) is 3.00. The fourth-order valence-electron chi connectivity index (χ4n) is 2.52. The van der Waals surface area contributed by atoms with Gasteiger partial charge in [0.05, 0.1) is 16.8 Å². The van der Waals surface area contributed by atoms with E-state index >= 15 is 0 Å². The van der Waals surface area contributed by atoms with Crippen molar-refractivity contribution in [1.82, 2.24) is 9.78 Å². The first-order chi connectivity index (χ1) is 9.70. The Morgan fingerprint density at radius 1 is 1.25 bits per heavy atom. The van der Waals surface area contributed by atoms with Crippen molar-refractivity contribution in [3.8, 4) is 5.69 Å². The Morgan fingerprint density at radius 3 is 2.70 bits per heavy atom. The second-order valence-electron chi connectivity index (χ2n) is 4.85. The zero-order valence-electron chi connectivity index (χ0n) is 11.6. The van der Waals surface area contributed by atoms with E-state index in [2.05, 4.69) is 12.0 Å². The molecule has 0 atom stereocenters. The Morgan fingerprint density at radius 2 is 2.00 bits per heavy atom. The summed E-state index contributed by atoms with van der Waals surface area (Å²) in [5, 5.41) is 5.48. The van der Waals surface area contributed by atoms with E-state index in [1.54, 1.807) is 10.7 Å². The second kappa shape index (κ2) is 4.96. The number of hydrogen-bond acceptors (Lipinski definition) is 3. The lowest BCUT2D eigenvalue weighted by molar-refractivity contribution is 0.533. The number of hydrogen-bond donors (Lipinski definition) is 0.